The van der Waals surface area contributed by atoms with Gasteiger partial charge in [-0.3, -0.25) is 24.2 Å². The third-order valence-electron chi connectivity index (χ3n) is 6.38. The fourth-order valence-electron chi connectivity index (χ4n) is 4.71. The van der Waals surface area contributed by atoms with Crippen molar-refractivity contribution < 1.29 is 23.9 Å². The number of hydrogen-bond donors (Lipinski definition) is 1. The zero-order valence-electron chi connectivity index (χ0n) is 19.3. The third-order valence-corrected chi connectivity index (χ3v) is 6.38. The van der Waals surface area contributed by atoms with Crippen LogP contribution < -0.4 is 10.1 Å². The summed E-state index contributed by atoms with van der Waals surface area (Å²) in [6.07, 6.45) is 3.17. The Balaban J connectivity index is 1.48. The van der Waals surface area contributed by atoms with Crippen molar-refractivity contribution in [1.29, 1.82) is 0 Å². The molecule has 9 nitrogen and oxygen atoms in total. The summed E-state index contributed by atoms with van der Waals surface area (Å²) in [5.74, 6) is -0.512. The molecule has 1 N–H and O–H groups in total. The van der Waals surface area contributed by atoms with Crippen molar-refractivity contribution in [2.75, 3.05) is 20.2 Å². The van der Waals surface area contributed by atoms with Crippen molar-refractivity contribution >= 4 is 23.5 Å². The van der Waals surface area contributed by atoms with Gasteiger partial charge < -0.3 is 19.9 Å². The van der Waals surface area contributed by atoms with E-state index in [0.29, 0.717) is 37.1 Å². The molecule has 2 saturated heterocycles. The number of carbonyl (C=O) groups excluding carboxylic acids is 4. The zero-order valence-corrected chi connectivity index (χ0v) is 19.3. The van der Waals surface area contributed by atoms with Crippen molar-refractivity contribution in [1.82, 2.24) is 20.1 Å². The predicted molar refractivity (Wildman–Crippen MR) is 123 cm³/mol. The average molecular weight is 465 g/mol. The van der Waals surface area contributed by atoms with Gasteiger partial charge in [0.1, 0.15) is 23.5 Å². The molecule has 34 heavy (non-hydrogen) atoms. The topological polar surface area (TPSA) is 109 Å². The van der Waals surface area contributed by atoms with Gasteiger partial charge in [-0.05, 0) is 49.2 Å². The number of rotatable bonds is 7. The number of aromatic nitrogens is 1. The van der Waals surface area contributed by atoms with Gasteiger partial charge in [-0.15, -0.1) is 0 Å². The number of fused-ring (bicyclic) bond motifs is 1. The first kappa shape index (κ1) is 23.4. The van der Waals surface area contributed by atoms with Crippen LogP contribution >= 0.6 is 0 Å². The second-order valence-corrected chi connectivity index (χ2v) is 8.49. The fraction of sp³-hybridized carbons (Fsp3) is 0.400. The van der Waals surface area contributed by atoms with E-state index >= 15 is 0 Å². The van der Waals surface area contributed by atoms with E-state index in [0.717, 1.165) is 0 Å². The molecule has 0 bridgehead atoms. The largest absolute Gasteiger partial charge is 0.497 e. The summed E-state index contributed by atoms with van der Waals surface area (Å²) in [5.41, 5.74) is 0.689. The average Bonchev–Trinajstić information content (AvgIpc) is 3.44. The van der Waals surface area contributed by atoms with Gasteiger partial charge >= 0.3 is 0 Å². The monoisotopic (exact) mass is 464 g/mol. The highest BCUT2D eigenvalue weighted by atomic mass is 16.5. The Labute approximate surface area is 198 Å². The summed E-state index contributed by atoms with van der Waals surface area (Å²) in [6, 6.07) is 9.85. The molecule has 2 aliphatic rings. The molecule has 2 fully saturated rings. The minimum Gasteiger partial charge on any atom is -0.497 e. The van der Waals surface area contributed by atoms with Crippen LogP contribution in [0.1, 0.15) is 47.0 Å². The van der Waals surface area contributed by atoms with Gasteiger partial charge in [-0.1, -0.05) is 19.4 Å². The van der Waals surface area contributed by atoms with Crippen LogP contribution in [0.5, 0.6) is 5.75 Å². The molecule has 178 valence electrons. The van der Waals surface area contributed by atoms with Crippen molar-refractivity contribution in [3.05, 3.63) is 59.9 Å². The second kappa shape index (κ2) is 10.0. The van der Waals surface area contributed by atoms with Crippen molar-refractivity contribution in [2.45, 2.75) is 44.3 Å². The van der Waals surface area contributed by atoms with Gasteiger partial charge in [-0.2, -0.15) is 0 Å². The first-order valence-corrected chi connectivity index (χ1v) is 11.4. The first-order chi connectivity index (χ1) is 16.4. The maximum Gasteiger partial charge on any atom is 0.273 e. The Morgan fingerprint density at radius 2 is 1.91 bits per heavy atom. The molecular formula is C25H28N4O5. The van der Waals surface area contributed by atoms with Gasteiger partial charge in [0, 0.05) is 18.3 Å². The number of hydrogen-bond acceptors (Lipinski definition) is 6. The van der Waals surface area contributed by atoms with Gasteiger partial charge in [0.15, 0.2) is 5.78 Å². The number of carbonyl (C=O) groups is 4. The highest BCUT2D eigenvalue weighted by Crippen LogP contribution is 2.31. The van der Waals surface area contributed by atoms with Gasteiger partial charge in [0.25, 0.3) is 11.8 Å². The molecule has 0 aliphatic carbocycles. The van der Waals surface area contributed by atoms with Crippen LogP contribution in [0.3, 0.4) is 0 Å². The molecule has 0 spiro atoms. The molecule has 4 rings (SSSR count). The number of benzene rings is 1. The van der Waals surface area contributed by atoms with E-state index in [1.165, 1.54) is 16.0 Å². The molecule has 0 saturated carbocycles. The van der Waals surface area contributed by atoms with E-state index in [2.05, 4.69) is 10.3 Å². The summed E-state index contributed by atoms with van der Waals surface area (Å²) >= 11 is 0. The molecule has 2 aliphatic heterocycles. The summed E-state index contributed by atoms with van der Waals surface area (Å²) in [5, 5.41) is 2.83. The Hall–Kier alpha value is -3.75. The summed E-state index contributed by atoms with van der Waals surface area (Å²) in [6.45, 7) is 2.23. The number of ether oxygens (including phenoxy) is 1. The second-order valence-electron chi connectivity index (χ2n) is 8.49. The number of Topliss-reactive ketones (excluding diaryl/α,β-unsaturated/α-hetero) is 1. The molecule has 3 heterocycles. The highest BCUT2D eigenvalue weighted by Gasteiger charge is 2.52. The lowest BCUT2D eigenvalue weighted by Crippen LogP contribution is -2.52. The Morgan fingerprint density at radius 3 is 2.56 bits per heavy atom. The Bertz CT molecular complexity index is 1070. The number of nitrogens with one attached hydrogen (secondary N) is 1. The number of pyridine rings is 1. The minimum atomic E-state index is -0.758. The smallest absolute Gasteiger partial charge is 0.273 e. The molecule has 0 radical (unpaired) electrons. The van der Waals surface area contributed by atoms with Crippen LogP contribution in [0.25, 0.3) is 0 Å². The number of likely N-dealkylation sites (tertiary alicyclic amines) is 2. The summed E-state index contributed by atoms with van der Waals surface area (Å²) in [4.78, 5) is 59.2. The normalized spacial score (nSPS) is 20.1. The predicted octanol–water partition coefficient (Wildman–Crippen LogP) is 1.68. The lowest BCUT2D eigenvalue weighted by atomic mass is 10.1. The van der Waals surface area contributed by atoms with Crippen LogP contribution in [-0.2, 0) is 9.59 Å². The van der Waals surface area contributed by atoms with Crippen LogP contribution in [0, 0.1) is 0 Å². The number of ketones is 1. The number of amides is 3. The minimum absolute atomic E-state index is 0.0504. The maximum absolute atomic E-state index is 13.5. The van der Waals surface area contributed by atoms with Gasteiger partial charge in [-0.25, -0.2) is 0 Å². The molecular weight excluding hydrogens is 436 g/mol. The molecule has 3 unspecified atom stereocenters. The van der Waals surface area contributed by atoms with E-state index in [1.807, 2.05) is 6.92 Å². The van der Waals surface area contributed by atoms with E-state index in [1.54, 1.807) is 49.6 Å². The summed E-state index contributed by atoms with van der Waals surface area (Å²) < 4.78 is 5.12. The van der Waals surface area contributed by atoms with E-state index in [4.69, 9.17) is 4.74 Å². The zero-order chi connectivity index (χ0) is 24.2. The molecule has 1 aromatic carbocycles. The van der Waals surface area contributed by atoms with E-state index in [9.17, 15) is 19.2 Å². The molecule has 3 atom stereocenters. The lowest BCUT2D eigenvalue weighted by molar-refractivity contribution is -0.138. The van der Waals surface area contributed by atoms with Crippen molar-refractivity contribution in [3.63, 3.8) is 0 Å². The van der Waals surface area contributed by atoms with E-state index < -0.39 is 12.1 Å². The third kappa shape index (κ3) is 4.50. The molecule has 2 aromatic rings. The first-order valence-electron chi connectivity index (χ1n) is 11.4. The quantitative estimate of drug-likeness (QED) is 0.668. The van der Waals surface area contributed by atoms with Crippen LogP contribution in [0.2, 0.25) is 0 Å². The van der Waals surface area contributed by atoms with Crippen LogP contribution in [0.15, 0.2) is 48.7 Å². The molecule has 1 aromatic heterocycles. The highest BCUT2D eigenvalue weighted by molar-refractivity contribution is 6.03. The standard InChI is InChI=1S/C25H28N4O5/c1-3-6-19(27-23(31)16-8-10-17(34-2)11-9-16)25(33)28-14-12-20-22(28)21(30)15-29(20)24(32)18-7-4-5-13-26-18/h4-5,7-11,13,19-20,22H,3,6,12,14-15H2,1-2H3,(H,27,31). The Kier molecular flexibility index (Phi) is 6.90. The van der Waals surface area contributed by atoms with Gasteiger partial charge in [0.2, 0.25) is 5.91 Å². The molecule has 3 amide bonds. The summed E-state index contributed by atoms with van der Waals surface area (Å²) in [7, 11) is 1.55. The van der Waals surface area contributed by atoms with Crippen LogP contribution in [0.4, 0.5) is 0 Å². The number of methoxy groups -OCH3 is 1. The number of nitrogens with zero attached hydrogens (tertiary/aromatic N) is 3. The maximum atomic E-state index is 13.5. The lowest BCUT2D eigenvalue weighted by Gasteiger charge is -2.28. The van der Waals surface area contributed by atoms with Crippen molar-refractivity contribution in [3.8, 4) is 5.75 Å². The SMILES string of the molecule is CCCC(NC(=O)c1ccc(OC)cc1)C(=O)N1CCC2C1C(=O)CN2C(=O)c1ccccn1. The van der Waals surface area contributed by atoms with Crippen LogP contribution in [-0.4, -0.2) is 76.6 Å². The van der Waals surface area contributed by atoms with Gasteiger partial charge in [0.05, 0.1) is 19.7 Å². The van der Waals surface area contributed by atoms with E-state index in [-0.39, 0.29) is 41.8 Å². The Morgan fingerprint density at radius 1 is 1.15 bits per heavy atom. The van der Waals surface area contributed by atoms with Crippen molar-refractivity contribution in [2.24, 2.45) is 0 Å². The fourth-order valence-corrected chi connectivity index (χ4v) is 4.71. The molecule has 9 heteroatoms.